The summed E-state index contributed by atoms with van der Waals surface area (Å²) in [4.78, 5) is 32.2. The number of hydrogen-bond acceptors (Lipinski definition) is 7. The molecular formula is C23H24F2N6O4. The lowest BCUT2D eigenvalue weighted by Gasteiger charge is -2.35. The quantitative estimate of drug-likeness (QED) is 0.521. The van der Waals surface area contributed by atoms with E-state index in [-0.39, 0.29) is 43.8 Å². The Morgan fingerprint density at radius 2 is 2.03 bits per heavy atom. The summed E-state index contributed by atoms with van der Waals surface area (Å²) >= 11 is 0. The van der Waals surface area contributed by atoms with Crippen molar-refractivity contribution in [2.24, 2.45) is 0 Å². The van der Waals surface area contributed by atoms with Gasteiger partial charge in [-0.05, 0) is 37.1 Å². The first-order valence-corrected chi connectivity index (χ1v) is 11.3. The van der Waals surface area contributed by atoms with Crippen LogP contribution in [-0.2, 0) is 14.3 Å². The van der Waals surface area contributed by atoms with Crippen LogP contribution in [0.25, 0.3) is 5.65 Å². The number of anilines is 2. The molecular weight excluding hydrogens is 462 g/mol. The number of hydrogen-bond donors (Lipinski definition) is 2. The first-order chi connectivity index (χ1) is 16.9. The Hall–Kier alpha value is -3.64. The van der Waals surface area contributed by atoms with Gasteiger partial charge in [-0.3, -0.25) is 9.59 Å². The van der Waals surface area contributed by atoms with Crippen LogP contribution >= 0.6 is 0 Å². The van der Waals surface area contributed by atoms with E-state index in [4.69, 9.17) is 4.74 Å². The number of nitrogens with zero attached hydrogens (tertiary/aromatic N) is 5. The zero-order valence-electron chi connectivity index (χ0n) is 18.7. The van der Waals surface area contributed by atoms with Crippen LogP contribution in [0.3, 0.4) is 0 Å². The number of carbonyl (C=O) groups is 2. The van der Waals surface area contributed by atoms with Gasteiger partial charge in [0.2, 0.25) is 5.91 Å². The Bertz CT molecular complexity index is 1260. The molecule has 2 N–H and O–H groups in total. The second-order valence-electron chi connectivity index (χ2n) is 8.62. The van der Waals surface area contributed by atoms with Crippen molar-refractivity contribution >= 4 is 29.0 Å². The highest BCUT2D eigenvalue weighted by atomic mass is 19.1. The fraction of sp³-hybridized carbons (Fsp3) is 0.391. The summed E-state index contributed by atoms with van der Waals surface area (Å²) < 4.78 is 34.9. The average Bonchev–Trinajstić information content (AvgIpc) is 3.45. The monoisotopic (exact) mass is 486 g/mol. The minimum atomic E-state index is -0.501. The molecule has 2 saturated heterocycles. The molecule has 0 spiro atoms. The van der Waals surface area contributed by atoms with Crippen molar-refractivity contribution in [2.45, 2.75) is 25.0 Å². The summed E-state index contributed by atoms with van der Waals surface area (Å²) in [5.74, 6) is -1.18. The van der Waals surface area contributed by atoms with Gasteiger partial charge in [-0.1, -0.05) is 0 Å². The fourth-order valence-electron chi connectivity index (χ4n) is 4.41. The molecule has 5 rings (SSSR count). The van der Waals surface area contributed by atoms with Crippen LogP contribution in [0.2, 0.25) is 0 Å². The highest BCUT2D eigenvalue weighted by molar-refractivity contribution is 5.95. The lowest BCUT2D eigenvalue weighted by molar-refractivity contribution is -0.146. The molecule has 2 fully saturated rings. The molecule has 4 heterocycles. The molecule has 0 saturated carbocycles. The first kappa shape index (κ1) is 23.1. The van der Waals surface area contributed by atoms with Crippen LogP contribution in [-0.4, -0.2) is 75.4 Å². The number of benzene rings is 1. The summed E-state index contributed by atoms with van der Waals surface area (Å²) in [6, 6.07) is 4.82. The van der Waals surface area contributed by atoms with Crippen molar-refractivity contribution in [3.63, 3.8) is 0 Å². The number of aliphatic hydroxyl groups excluding tert-OH is 1. The Labute approximate surface area is 199 Å². The third-order valence-electron chi connectivity index (χ3n) is 6.17. The second kappa shape index (κ2) is 9.55. The number of rotatable bonds is 7. The standard InChI is InChI=1S/C23H24F2N6O4/c24-14-3-4-17(25)16(8-14)19-2-1-6-30(19)20-5-7-31-23(28-20)18(9-26-31)27-21(33)12-35-13-22(34)29-10-15(32)11-29/h3-5,7-9,15,19,32H,1-2,6,10-13H2,(H,27,33)/t19-/m1/s1. The molecule has 2 aliphatic heterocycles. The molecule has 2 amide bonds. The largest absolute Gasteiger partial charge is 0.389 e. The maximum absolute atomic E-state index is 14.4. The number of β-amino-alcohol motifs (C(OH)–C–C–N with tert-alkyl or cyclic N) is 1. The number of nitrogens with one attached hydrogen (secondary N) is 1. The van der Waals surface area contributed by atoms with Gasteiger partial charge in [-0.15, -0.1) is 0 Å². The molecule has 1 aromatic carbocycles. The normalized spacial score (nSPS) is 18.2. The van der Waals surface area contributed by atoms with Gasteiger partial charge in [0.25, 0.3) is 5.91 Å². The van der Waals surface area contributed by atoms with E-state index < -0.39 is 23.6 Å². The lowest BCUT2D eigenvalue weighted by atomic mass is 10.0. The SMILES string of the molecule is O=C(COCC(=O)N1CC(O)C1)Nc1cnn2ccc(N3CCC[C@@H]3c3cc(F)ccc3F)nc12. The van der Waals surface area contributed by atoms with E-state index in [1.165, 1.54) is 21.7 Å². The number of ether oxygens (including phenoxy) is 1. The molecule has 0 bridgehead atoms. The minimum absolute atomic E-state index is 0.260. The number of aromatic nitrogens is 3. The van der Waals surface area contributed by atoms with Gasteiger partial charge in [-0.2, -0.15) is 5.10 Å². The molecule has 3 aromatic rings. The van der Waals surface area contributed by atoms with Crippen LogP contribution in [0.15, 0.2) is 36.7 Å². The Morgan fingerprint density at radius 1 is 1.20 bits per heavy atom. The Morgan fingerprint density at radius 3 is 2.83 bits per heavy atom. The maximum Gasteiger partial charge on any atom is 0.250 e. The highest BCUT2D eigenvalue weighted by Gasteiger charge is 2.30. The van der Waals surface area contributed by atoms with Crippen LogP contribution in [0.5, 0.6) is 0 Å². The Kier molecular flexibility index (Phi) is 6.31. The Balaban J connectivity index is 1.26. The van der Waals surface area contributed by atoms with E-state index in [1.807, 2.05) is 4.90 Å². The van der Waals surface area contributed by atoms with Crippen LogP contribution < -0.4 is 10.2 Å². The van der Waals surface area contributed by atoms with Crippen molar-refractivity contribution in [3.8, 4) is 0 Å². The van der Waals surface area contributed by atoms with E-state index in [2.05, 4.69) is 15.4 Å². The number of aliphatic hydroxyl groups is 1. The van der Waals surface area contributed by atoms with Gasteiger partial charge in [-0.25, -0.2) is 18.3 Å². The third kappa shape index (κ3) is 4.80. The summed E-state index contributed by atoms with van der Waals surface area (Å²) in [5, 5.41) is 16.1. The summed E-state index contributed by atoms with van der Waals surface area (Å²) in [7, 11) is 0. The van der Waals surface area contributed by atoms with Gasteiger partial charge in [0, 0.05) is 31.4 Å². The third-order valence-corrected chi connectivity index (χ3v) is 6.17. The predicted molar refractivity (Wildman–Crippen MR) is 121 cm³/mol. The van der Waals surface area contributed by atoms with Crippen LogP contribution in [0.1, 0.15) is 24.4 Å². The van der Waals surface area contributed by atoms with Gasteiger partial charge < -0.3 is 25.0 Å². The second-order valence-corrected chi connectivity index (χ2v) is 8.62. The topological polar surface area (TPSA) is 112 Å². The molecule has 2 aromatic heterocycles. The zero-order chi connectivity index (χ0) is 24.5. The number of fused-ring (bicyclic) bond motifs is 1. The van der Waals surface area contributed by atoms with Crippen molar-refractivity contribution in [1.29, 1.82) is 0 Å². The van der Waals surface area contributed by atoms with Gasteiger partial charge >= 0.3 is 0 Å². The molecule has 2 aliphatic rings. The van der Waals surface area contributed by atoms with E-state index in [0.29, 0.717) is 30.1 Å². The van der Waals surface area contributed by atoms with Crippen molar-refractivity contribution in [2.75, 3.05) is 43.1 Å². The van der Waals surface area contributed by atoms with Gasteiger partial charge in [0.05, 0.1) is 18.3 Å². The molecule has 184 valence electrons. The average molecular weight is 486 g/mol. The molecule has 12 heteroatoms. The predicted octanol–water partition coefficient (Wildman–Crippen LogP) is 1.51. The number of halogens is 2. The smallest absolute Gasteiger partial charge is 0.250 e. The van der Waals surface area contributed by atoms with Crippen molar-refractivity contribution in [3.05, 3.63) is 53.9 Å². The maximum atomic E-state index is 14.4. The molecule has 35 heavy (non-hydrogen) atoms. The van der Waals surface area contributed by atoms with Gasteiger partial charge in [0.1, 0.15) is 36.4 Å². The highest BCUT2D eigenvalue weighted by Crippen LogP contribution is 2.37. The molecule has 10 nitrogen and oxygen atoms in total. The number of amides is 2. The van der Waals surface area contributed by atoms with E-state index in [9.17, 15) is 23.5 Å². The fourth-order valence-corrected chi connectivity index (χ4v) is 4.41. The van der Waals surface area contributed by atoms with E-state index in [0.717, 1.165) is 18.6 Å². The van der Waals surface area contributed by atoms with Crippen molar-refractivity contribution < 1.29 is 28.2 Å². The molecule has 0 unspecified atom stereocenters. The van der Waals surface area contributed by atoms with E-state index >= 15 is 0 Å². The van der Waals surface area contributed by atoms with Crippen LogP contribution in [0, 0.1) is 11.6 Å². The summed E-state index contributed by atoms with van der Waals surface area (Å²) in [6.45, 7) is 0.565. The molecule has 0 radical (unpaired) electrons. The van der Waals surface area contributed by atoms with Crippen molar-refractivity contribution in [1.82, 2.24) is 19.5 Å². The zero-order valence-corrected chi connectivity index (χ0v) is 18.7. The summed E-state index contributed by atoms with van der Waals surface area (Å²) in [6.07, 6.45) is 4.08. The summed E-state index contributed by atoms with van der Waals surface area (Å²) in [5.41, 5.74) is 1.02. The molecule has 1 atom stereocenters. The molecule has 0 aliphatic carbocycles. The van der Waals surface area contributed by atoms with Gasteiger partial charge in [0.15, 0.2) is 5.65 Å². The number of likely N-dealkylation sites (tertiary alicyclic amines) is 1. The van der Waals surface area contributed by atoms with E-state index in [1.54, 1.807) is 12.3 Å². The minimum Gasteiger partial charge on any atom is -0.389 e. The number of carbonyl (C=O) groups excluding carboxylic acids is 2. The lowest BCUT2D eigenvalue weighted by Crippen LogP contribution is -2.54. The van der Waals surface area contributed by atoms with Crippen LogP contribution in [0.4, 0.5) is 20.3 Å². The first-order valence-electron chi connectivity index (χ1n) is 11.3.